The van der Waals surface area contributed by atoms with Gasteiger partial charge >= 0.3 is 7.32 Å². The Morgan fingerprint density at radius 2 is 2.13 bits per heavy atom. The Morgan fingerprint density at radius 3 is 2.73 bits per heavy atom. The number of hydrogen-bond acceptors (Lipinski definition) is 4. The van der Waals surface area contributed by atoms with Crippen molar-refractivity contribution in [3.05, 3.63) is 43.0 Å². The predicted octanol–water partition coefficient (Wildman–Crippen LogP) is 0.276. The van der Waals surface area contributed by atoms with Gasteiger partial charge in [0.25, 0.3) is 5.91 Å². The van der Waals surface area contributed by atoms with E-state index >= 15 is 0 Å². The quantitative estimate of drug-likeness (QED) is 0.413. The van der Waals surface area contributed by atoms with Gasteiger partial charge in [0.15, 0.2) is 0 Å². The minimum atomic E-state index is -1.56. The molecule has 0 unspecified atom stereocenters. The third-order valence-electron chi connectivity index (χ3n) is 1.43. The predicted molar refractivity (Wildman–Crippen MR) is 54.5 cm³/mol. The molecule has 1 aromatic rings. The molecule has 0 aromatic heterocycles. The van der Waals surface area contributed by atoms with E-state index in [0.29, 0.717) is 5.75 Å². The molecule has 0 saturated heterocycles. The highest BCUT2D eigenvalue weighted by Gasteiger charge is 2.19. The Balaban J connectivity index is 2.33. The SMILES string of the molecule is C=CC(=O)NOB(O)Oc1ccccc1. The molecule has 0 aliphatic rings. The van der Waals surface area contributed by atoms with Gasteiger partial charge in [-0.1, -0.05) is 24.8 Å². The Morgan fingerprint density at radius 1 is 1.47 bits per heavy atom. The molecule has 0 fully saturated rings. The molecule has 0 aliphatic heterocycles. The Bertz CT molecular complexity index is 330. The van der Waals surface area contributed by atoms with Crippen LogP contribution in [0.15, 0.2) is 43.0 Å². The second-order valence-corrected chi connectivity index (χ2v) is 2.53. The topological polar surface area (TPSA) is 67.8 Å². The molecule has 78 valence electrons. The Labute approximate surface area is 87.5 Å². The summed E-state index contributed by atoms with van der Waals surface area (Å²) in [6.45, 7) is 3.21. The van der Waals surface area contributed by atoms with E-state index in [1.165, 1.54) is 0 Å². The van der Waals surface area contributed by atoms with Crippen LogP contribution in [0.1, 0.15) is 0 Å². The van der Waals surface area contributed by atoms with Crippen molar-refractivity contribution in [2.45, 2.75) is 0 Å². The van der Waals surface area contributed by atoms with Gasteiger partial charge in [0, 0.05) is 0 Å². The monoisotopic (exact) mass is 207 g/mol. The van der Waals surface area contributed by atoms with E-state index in [9.17, 15) is 4.79 Å². The van der Waals surface area contributed by atoms with Crippen molar-refractivity contribution in [1.29, 1.82) is 0 Å². The summed E-state index contributed by atoms with van der Waals surface area (Å²) in [7, 11) is -1.56. The average Bonchev–Trinajstić information content (AvgIpc) is 2.27. The van der Waals surface area contributed by atoms with Gasteiger partial charge in [0.05, 0.1) is 0 Å². The van der Waals surface area contributed by atoms with Crippen LogP contribution in [0.2, 0.25) is 0 Å². The molecule has 0 bridgehead atoms. The third-order valence-corrected chi connectivity index (χ3v) is 1.43. The molecule has 1 rings (SSSR count). The largest absolute Gasteiger partial charge is 0.733 e. The molecular formula is C9H10BNO4. The Kier molecular flexibility index (Phi) is 4.40. The van der Waals surface area contributed by atoms with E-state index < -0.39 is 13.2 Å². The number of rotatable bonds is 5. The smallest absolute Gasteiger partial charge is 0.511 e. The van der Waals surface area contributed by atoms with Crippen molar-refractivity contribution in [1.82, 2.24) is 5.48 Å². The lowest BCUT2D eigenvalue weighted by Gasteiger charge is -2.08. The molecular weight excluding hydrogens is 197 g/mol. The van der Waals surface area contributed by atoms with E-state index in [2.05, 4.69) is 11.3 Å². The number of para-hydroxylation sites is 1. The first kappa shape index (κ1) is 11.3. The molecule has 6 heteroatoms. The zero-order valence-corrected chi connectivity index (χ0v) is 7.92. The summed E-state index contributed by atoms with van der Waals surface area (Å²) in [6.07, 6.45) is 1.01. The highest BCUT2D eigenvalue weighted by Crippen LogP contribution is 2.08. The molecule has 1 aromatic carbocycles. The first-order valence-corrected chi connectivity index (χ1v) is 4.20. The van der Waals surface area contributed by atoms with Crippen LogP contribution < -0.4 is 10.1 Å². The van der Waals surface area contributed by atoms with Gasteiger partial charge in [0.2, 0.25) is 0 Å². The third kappa shape index (κ3) is 4.30. The van der Waals surface area contributed by atoms with Gasteiger partial charge in [-0.3, -0.25) is 9.55 Å². The summed E-state index contributed by atoms with van der Waals surface area (Å²) in [5, 5.41) is 9.15. The summed E-state index contributed by atoms with van der Waals surface area (Å²) in [5.41, 5.74) is 1.92. The second-order valence-electron chi connectivity index (χ2n) is 2.53. The zero-order valence-electron chi connectivity index (χ0n) is 7.92. The van der Waals surface area contributed by atoms with Crippen LogP contribution in [-0.2, 0) is 9.55 Å². The van der Waals surface area contributed by atoms with Crippen LogP contribution >= 0.6 is 0 Å². The first-order valence-electron chi connectivity index (χ1n) is 4.20. The second kappa shape index (κ2) is 5.84. The fourth-order valence-electron chi connectivity index (χ4n) is 0.790. The summed E-state index contributed by atoms with van der Waals surface area (Å²) in [5.74, 6) is -0.136. The number of carbonyl (C=O) groups is 1. The molecule has 0 saturated carbocycles. The minimum absolute atomic E-state index is 0.429. The van der Waals surface area contributed by atoms with E-state index in [-0.39, 0.29) is 0 Å². The molecule has 0 atom stereocenters. The van der Waals surface area contributed by atoms with Gasteiger partial charge < -0.3 is 9.68 Å². The van der Waals surface area contributed by atoms with Crippen LogP contribution in [-0.4, -0.2) is 18.3 Å². The Hall–Kier alpha value is -1.79. The number of amides is 1. The molecule has 0 radical (unpaired) electrons. The van der Waals surface area contributed by atoms with Crippen LogP contribution in [0.25, 0.3) is 0 Å². The summed E-state index contributed by atoms with van der Waals surface area (Å²) in [6, 6.07) is 8.57. The lowest BCUT2D eigenvalue weighted by molar-refractivity contribution is -0.124. The number of hydrogen-bond donors (Lipinski definition) is 2. The standard InChI is InChI=1S/C9H10BNO4/c1-2-9(12)11-15-10(13)14-8-6-4-3-5-7-8/h2-7,13H,1H2,(H,11,12). The van der Waals surface area contributed by atoms with Gasteiger partial charge in [-0.05, 0) is 18.2 Å². The maximum absolute atomic E-state index is 10.6. The number of benzene rings is 1. The van der Waals surface area contributed by atoms with Gasteiger partial charge in [-0.25, -0.2) is 5.48 Å². The van der Waals surface area contributed by atoms with Gasteiger partial charge in [0.1, 0.15) is 5.75 Å². The van der Waals surface area contributed by atoms with E-state index in [1.54, 1.807) is 30.3 Å². The van der Waals surface area contributed by atoms with Crippen LogP contribution in [0.3, 0.4) is 0 Å². The first-order chi connectivity index (χ1) is 7.22. The summed E-state index contributed by atoms with van der Waals surface area (Å²) in [4.78, 5) is 10.6. The maximum Gasteiger partial charge on any atom is 0.733 e. The molecule has 1 amide bonds. The highest BCUT2D eigenvalue weighted by atomic mass is 16.8. The van der Waals surface area contributed by atoms with Gasteiger partial charge in [-0.15, -0.1) is 0 Å². The van der Waals surface area contributed by atoms with Crippen molar-refractivity contribution in [2.75, 3.05) is 0 Å². The molecule has 15 heavy (non-hydrogen) atoms. The maximum atomic E-state index is 10.6. The van der Waals surface area contributed by atoms with Crippen LogP contribution in [0.4, 0.5) is 0 Å². The van der Waals surface area contributed by atoms with Crippen molar-refractivity contribution < 1.29 is 19.2 Å². The highest BCUT2D eigenvalue weighted by molar-refractivity contribution is 6.35. The fraction of sp³-hybridized carbons (Fsp3) is 0. The van der Waals surface area contributed by atoms with Crippen molar-refractivity contribution in [2.24, 2.45) is 0 Å². The molecule has 0 aliphatic carbocycles. The minimum Gasteiger partial charge on any atom is -0.511 e. The van der Waals surface area contributed by atoms with Crippen molar-refractivity contribution in [3.8, 4) is 5.75 Å². The molecule has 2 N–H and O–H groups in total. The van der Waals surface area contributed by atoms with Crippen LogP contribution in [0, 0.1) is 0 Å². The van der Waals surface area contributed by atoms with E-state index in [4.69, 9.17) is 9.68 Å². The van der Waals surface area contributed by atoms with Crippen molar-refractivity contribution >= 4 is 13.2 Å². The van der Waals surface area contributed by atoms with Gasteiger partial charge in [-0.2, -0.15) is 0 Å². The van der Waals surface area contributed by atoms with E-state index in [0.717, 1.165) is 6.08 Å². The van der Waals surface area contributed by atoms with E-state index in [1.807, 2.05) is 5.48 Å². The molecule has 5 nitrogen and oxygen atoms in total. The van der Waals surface area contributed by atoms with Crippen LogP contribution in [0.5, 0.6) is 5.75 Å². The number of nitrogens with one attached hydrogen (secondary N) is 1. The number of carbonyl (C=O) groups excluding carboxylic acids is 1. The lowest BCUT2D eigenvalue weighted by atomic mass is 10.2. The summed E-state index contributed by atoms with van der Waals surface area (Å²) >= 11 is 0. The molecule has 0 heterocycles. The normalized spacial score (nSPS) is 9.13. The summed E-state index contributed by atoms with van der Waals surface area (Å²) < 4.78 is 9.35. The number of hydroxylamine groups is 1. The fourth-order valence-corrected chi connectivity index (χ4v) is 0.790. The molecule has 0 spiro atoms. The zero-order chi connectivity index (χ0) is 11.1. The van der Waals surface area contributed by atoms with Crippen molar-refractivity contribution in [3.63, 3.8) is 0 Å². The average molecular weight is 207 g/mol. The lowest BCUT2D eigenvalue weighted by Crippen LogP contribution is -2.35.